The second kappa shape index (κ2) is 9.42. The van der Waals surface area contributed by atoms with E-state index >= 15 is 0 Å². The third kappa shape index (κ3) is 23.7. The van der Waals surface area contributed by atoms with Crippen molar-refractivity contribution in [3.05, 3.63) is 24.3 Å². The van der Waals surface area contributed by atoms with Gasteiger partial charge in [0.15, 0.2) is 0 Å². The normalized spacial score (nSPS) is 9.50. The molecule has 0 fully saturated rings. The molecule has 0 amide bonds. The maximum absolute atomic E-state index is 9.55. The van der Waals surface area contributed by atoms with Gasteiger partial charge in [0.05, 0.1) is 0 Å². The van der Waals surface area contributed by atoms with Crippen LogP contribution in [0.2, 0.25) is 0 Å². The number of hydrogen-bond donors (Lipinski definition) is 2. The van der Waals surface area contributed by atoms with Gasteiger partial charge in [-0.05, 0) is 13.8 Å². The molecule has 0 radical (unpaired) electrons. The summed E-state index contributed by atoms with van der Waals surface area (Å²) in [7, 11) is 0. The molecule has 0 saturated carbocycles. The first-order valence-corrected chi connectivity index (χ1v) is 3.25. The Kier molecular flexibility index (Phi) is 10.2. The van der Waals surface area contributed by atoms with Crippen LogP contribution in [0.25, 0.3) is 0 Å². The van der Waals surface area contributed by atoms with E-state index in [1.807, 2.05) is 26.0 Å². The maximum Gasteiger partial charge on any atom is 0.328 e. The molecule has 0 bridgehead atoms. The van der Waals surface area contributed by atoms with Gasteiger partial charge in [-0.2, -0.15) is 0 Å². The van der Waals surface area contributed by atoms with Gasteiger partial charge in [0.1, 0.15) is 0 Å². The second-order valence-electron chi connectivity index (χ2n) is 1.68. The first kappa shape index (κ1) is 13.0. The van der Waals surface area contributed by atoms with E-state index in [0.29, 0.717) is 12.2 Å². The van der Waals surface area contributed by atoms with Gasteiger partial charge in [0.25, 0.3) is 0 Å². The highest BCUT2D eigenvalue weighted by atomic mass is 16.4. The van der Waals surface area contributed by atoms with Gasteiger partial charge >= 0.3 is 11.9 Å². The predicted molar refractivity (Wildman–Crippen MR) is 44.9 cm³/mol. The molecule has 0 aliphatic rings. The molecule has 12 heavy (non-hydrogen) atoms. The third-order valence-corrected chi connectivity index (χ3v) is 0.702. The Morgan fingerprint density at radius 1 is 0.917 bits per heavy atom. The quantitative estimate of drug-likeness (QED) is 0.486. The van der Waals surface area contributed by atoms with Crippen LogP contribution in [-0.4, -0.2) is 22.2 Å². The fourth-order valence-electron chi connectivity index (χ4n) is 0.143. The number of rotatable bonds is 2. The van der Waals surface area contributed by atoms with Crippen LogP contribution in [0.5, 0.6) is 0 Å². The molecule has 0 atom stereocenters. The van der Waals surface area contributed by atoms with Gasteiger partial charge in [-0.1, -0.05) is 12.2 Å². The first-order chi connectivity index (χ1) is 5.54. The van der Waals surface area contributed by atoms with Crippen molar-refractivity contribution in [2.75, 3.05) is 0 Å². The highest BCUT2D eigenvalue weighted by molar-refractivity contribution is 5.89. The Labute approximate surface area is 70.8 Å². The molecule has 68 valence electrons. The lowest BCUT2D eigenvalue weighted by Crippen LogP contribution is -1.91. The van der Waals surface area contributed by atoms with Crippen molar-refractivity contribution in [3.8, 4) is 0 Å². The Morgan fingerprint density at radius 2 is 1.17 bits per heavy atom. The molecule has 0 aliphatic carbocycles. The van der Waals surface area contributed by atoms with Gasteiger partial charge < -0.3 is 10.2 Å². The van der Waals surface area contributed by atoms with Crippen LogP contribution >= 0.6 is 0 Å². The van der Waals surface area contributed by atoms with Crippen LogP contribution in [0.15, 0.2) is 24.3 Å². The van der Waals surface area contributed by atoms with Crippen molar-refractivity contribution in [2.45, 2.75) is 13.8 Å². The topological polar surface area (TPSA) is 74.6 Å². The lowest BCUT2D eigenvalue weighted by atomic mass is 10.5. The van der Waals surface area contributed by atoms with E-state index in [1.54, 1.807) is 0 Å². The van der Waals surface area contributed by atoms with Crippen LogP contribution in [0.1, 0.15) is 13.8 Å². The zero-order valence-corrected chi connectivity index (χ0v) is 7.02. The Morgan fingerprint density at radius 3 is 1.25 bits per heavy atom. The monoisotopic (exact) mass is 172 g/mol. The van der Waals surface area contributed by atoms with E-state index in [9.17, 15) is 9.59 Å². The summed E-state index contributed by atoms with van der Waals surface area (Å²) < 4.78 is 0. The van der Waals surface area contributed by atoms with Crippen molar-refractivity contribution >= 4 is 11.9 Å². The van der Waals surface area contributed by atoms with E-state index < -0.39 is 11.9 Å². The van der Waals surface area contributed by atoms with E-state index in [4.69, 9.17) is 10.2 Å². The average molecular weight is 172 g/mol. The summed E-state index contributed by atoms with van der Waals surface area (Å²) in [5, 5.41) is 15.6. The molecule has 0 spiro atoms. The number of allylic oxidation sites excluding steroid dienone is 2. The van der Waals surface area contributed by atoms with Crippen LogP contribution in [-0.2, 0) is 9.59 Å². The molecular weight excluding hydrogens is 160 g/mol. The molecule has 2 N–H and O–H groups in total. The first-order valence-electron chi connectivity index (χ1n) is 3.25. The summed E-state index contributed by atoms with van der Waals surface area (Å²) in [6.45, 7) is 4.00. The minimum absolute atomic E-state index is 0.558. The smallest absolute Gasteiger partial charge is 0.328 e. The summed E-state index contributed by atoms with van der Waals surface area (Å²) in [5.74, 6) is -2.51. The molecule has 4 heteroatoms. The van der Waals surface area contributed by atoms with Gasteiger partial charge in [0.2, 0.25) is 0 Å². The largest absolute Gasteiger partial charge is 0.478 e. The summed E-state index contributed by atoms with van der Waals surface area (Å²) in [6.07, 6.45) is 5.12. The Balaban J connectivity index is 0. The maximum atomic E-state index is 9.55. The van der Waals surface area contributed by atoms with E-state index in [-0.39, 0.29) is 0 Å². The van der Waals surface area contributed by atoms with Gasteiger partial charge in [-0.3, -0.25) is 0 Å². The van der Waals surface area contributed by atoms with E-state index in [1.165, 1.54) is 0 Å². The molecule has 0 aromatic carbocycles. The van der Waals surface area contributed by atoms with Crippen molar-refractivity contribution in [3.63, 3.8) is 0 Å². The highest BCUT2D eigenvalue weighted by Gasteiger charge is 1.88. The summed E-state index contributed by atoms with van der Waals surface area (Å²) in [6, 6.07) is 0. The molecule has 0 rings (SSSR count). The minimum atomic E-state index is -1.26. The van der Waals surface area contributed by atoms with Crippen molar-refractivity contribution in [2.24, 2.45) is 0 Å². The van der Waals surface area contributed by atoms with Crippen LogP contribution in [0, 0.1) is 0 Å². The molecular formula is C8H12O4. The Hall–Kier alpha value is -1.58. The zero-order valence-electron chi connectivity index (χ0n) is 7.02. The van der Waals surface area contributed by atoms with Crippen molar-refractivity contribution < 1.29 is 19.8 Å². The molecule has 0 unspecified atom stereocenters. The molecule has 0 aliphatic heterocycles. The summed E-state index contributed by atoms with van der Waals surface area (Å²) in [4.78, 5) is 19.1. The molecule has 0 aromatic heterocycles. The fraction of sp³-hybridized carbons (Fsp3) is 0.250. The number of carboxylic acids is 2. The number of aliphatic carboxylic acids is 2. The second-order valence-corrected chi connectivity index (χ2v) is 1.68. The summed E-state index contributed by atoms with van der Waals surface area (Å²) in [5.41, 5.74) is 0. The third-order valence-electron chi connectivity index (χ3n) is 0.702. The standard InChI is InChI=1S/C4H4O4.C4H8/c5-3(6)1-2-4(7)8;1-3-4-2/h1-2H,(H,5,6)(H,7,8);3-4H,1-2H3. The summed E-state index contributed by atoms with van der Waals surface area (Å²) >= 11 is 0. The van der Waals surface area contributed by atoms with Gasteiger partial charge in [-0.15, -0.1) is 0 Å². The van der Waals surface area contributed by atoms with Gasteiger partial charge in [-0.25, -0.2) is 9.59 Å². The average Bonchev–Trinajstić information content (AvgIpc) is 2.01. The lowest BCUT2D eigenvalue weighted by molar-refractivity contribution is -0.134. The molecule has 4 nitrogen and oxygen atoms in total. The van der Waals surface area contributed by atoms with Crippen LogP contribution in [0.3, 0.4) is 0 Å². The number of carbonyl (C=O) groups is 2. The molecule has 0 aromatic rings. The minimum Gasteiger partial charge on any atom is -0.478 e. The number of hydrogen-bond acceptors (Lipinski definition) is 2. The zero-order chi connectivity index (χ0) is 9.98. The molecule has 0 heterocycles. The number of carboxylic acid groups (broad SMARTS) is 2. The van der Waals surface area contributed by atoms with Crippen molar-refractivity contribution in [1.82, 2.24) is 0 Å². The molecule has 0 saturated heterocycles. The predicted octanol–water partition coefficient (Wildman–Crippen LogP) is 1.29. The highest BCUT2D eigenvalue weighted by Crippen LogP contribution is 1.70. The van der Waals surface area contributed by atoms with Crippen LogP contribution < -0.4 is 0 Å². The van der Waals surface area contributed by atoms with Crippen molar-refractivity contribution in [1.29, 1.82) is 0 Å². The lowest BCUT2D eigenvalue weighted by Gasteiger charge is -1.74. The van der Waals surface area contributed by atoms with Gasteiger partial charge in [0, 0.05) is 12.2 Å². The SMILES string of the molecule is CC=CC.O=C(O)C=CC(=O)O. The van der Waals surface area contributed by atoms with Crippen LogP contribution in [0.4, 0.5) is 0 Å². The fourth-order valence-corrected chi connectivity index (χ4v) is 0.143. The van der Waals surface area contributed by atoms with E-state index in [0.717, 1.165) is 0 Å². The van der Waals surface area contributed by atoms with E-state index in [2.05, 4.69) is 0 Å². The Bertz CT molecular complexity index is 171.